The molecule has 3 rings (SSSR count). The third kappa shape index (κ3) is 8.25. The lowest BCUT2D eigenvalue weighted by Crippen LogP contribution is -2.51. The van der Waals surface area contributed by atoms with Crippen LogP contribution in [0.15, 0.2) is 65.6 Å². The molecular weight excluding hydrogens is 617 g/mol. The number of hydrogen-bond acceptors (Lipinski definition) is 7. The molecule has 0 aromatic heterocycles. The number of sulfonamides is 1. The summed E-state index contributed by atoms with van der Waals surface area (Å²) in [5, 5.41) is 3.34. The minimum atomic E-state index is -4.34. The SMILES string of the molecule is CCNC(=O)C(C)N(Cc1ccc(Cl)c(Cl)c1)C(=O)CN(c1ccc(OCC)cc1)S(=O)(=O)c1ccc(OC)c(OC)c1. The molecule has 43 heavy (non-hydrogen) atoms. The van der Waals surface area contributed by atoms with E-state index in [4.69, 9.17) is 37.4 Å². The zero-order valence-electron chi connectivity index (χ0n) is 24.6. The summed E-state index contributed by atoms with van der Waals surface area (Å²) in [7, 11) is -1.50. The van der Waals surface area contributed by atoms with Crippen molar-refractivity contribution in [1.29, 1.82) is 0 Å². The molecule has 0 saturated heterocycles. The van der Waals surface area contributed by atoms with Crippen LogP contribution in [0.25, 0.3) is 0 Å². The Morgan fingerprint density at radius 1 is 0.907 bits per heavy atom. The van der Waals surface area contributed by atoms with Gasteiger partial charge >= 0.3 is 0 Å². The molecule has 0 saturated carbocycles. The van der Waals surface area contributed by atoms with Crippen LogP contribution in [0, 0.1) is 0 Å². The van der Waals surface area contributed by atoms with Crippen molar-refractivity contribution in [3.8, 4) is 17.2 Å². The lowest BCUT2D eigenvalue weighted by molar-refractivity contribution is -0.139. The van der Waals surface area contributed by atoms with Gasteiger partial charge in [-0.2, -0.15) is 0 Å². The molecule has 2 amide bonds. The Balaban J connectivity index is 2.09. The molecule has 0 fully saturated rings. The molecule has 0 heterocycles. The molecule has 1 unspecified atom stereocenters. The van der Waals surface area contributed by atoms with Gasteiger partial charge in [-0.25, -0.2) is 8.42 Å². The fourth-order valence-electron chi connectivity index (χ4n) is 4.25. The summed E-state index contributed by atoms with van der Waals surface area (Å²) in [5.74, 6) is 0.0579. The molecule has 10 nitrogen and oxygen atoms in total. The molecule has 3 aromatic rings. The van der Waals surface area contributed by atoms with Gasteiger partial charge in [-0.1, -0.05) is 29.3 Å². The van der Waals surface area contributed by atoms with E-state index < -0.39 is 34.4 Å². The molecular formula is C30H35Cl2N3O7S. The quantitative estimate of drug-likeness (QED) is 0.256. The van der Waals surface area contributed by atoms with Gasteiger partial charge in [0.25, 0.3) is 10.0 Å². The van der Waals surface area contributed by atoms with Gasteiger partial charge in [0.05, 0.1) is 41.5 Å². The highest BCUT2D eigenvalue weighted by atomic mass is 35.5. The first-order valence-corrected chi connectivity index (χ1v) is 15.6. The van der Waals surface area contributed by atoms with Gasteiger partial charge in [-0.3, -0.25) is 13.9 Å². The number of nitrogens with one attached hydrogen (secondary N) is 1. The molecule has 13 heteroatoms. The van der Waals surface area contributed by atoms with Crippen LogP contribution in [0.1, 0.15) is 26.3 Å². The lowest BCUT2D eigenvalue weighted by Gasteiger charge is -2.32. The Kier molecular flexibility index (Phi) is 11.9. The number of halogens is 2. The number of methoxy groups -OCH3 is 2. The fourth-order valence-corrected chi connectivity index (χ4v) is 6.00. The van der Waals surface area contributed by atoms with E-state index in [2.05, 4.69) is 5.32 Å². The monoisotopic (exact) mass is 651 g/mol. The Hall–Kier alpha value is -3.67. The van der Waals surface area contributed by atoms with E-state index in [0.717, 1.165) is 4.31 Å². The number of anilines is 1. The highest BCUT2D eigenvalue weighted by Crippen LogP contribution is 2.33. The predicted octanol–water partition coefficient (Wildman–Crippen LogP) is 5.16. The van der Waals surface area contributed by atoms with Crippen molar-refractivity contribution in [1.82, 2.24) is 10.2 Å². The van der Waals surface area contributed by atoms with Crippen molar-refractivity contribution >= 4 is 50.7 Å². The normalized spacial score (nSPS) is 11.8. The van der Waals surface area contributed by atoms with Gasteiger partial charge in [0.1, 0.15) is 18.3 Å². The van der Waals surface area contributed by atoms with Crippen LogP contribution in [0.3, 0.4) is 0 Å². The van der Waals surface area contributed by atoms with Crippen LogP contribution in [-0.4, -0.2) is 65.1 Å². The molecule has 0 aliphatic heterocycles. The van der Waals surface area contributed by atoms with Gasteiger partial charge in [-0.05, 0) is 74.9 Å². The molecule has 1 N–H and O–H groups in total. The molecule has 0 spiro atoms. The summed E-state index contributed by atoms with van der Waals surface area (Å²) in [5.41, 5.74) is 0.820. The number of nitrogens with zero attached hydrogens (tertiary/aromatic N) is 2. The van der Waals surface area contributed by atoms with Gasteiger partial charge in [-0.15, -0.1) is 0 Å². The molecule has 0 radical (unpaired) electrons. The van der Waals surface area contributed by atoms with Crippen molar-refractivity contribution in [2.45, 2.75) is 38.3 Å². The van der Waals surface area contributed by atoms with E-state index in [1.807, 2.05) is 6.92 Å². The van der Waals surface area contributed by atoms with Crippen LogP contribution in [-0.2, 0) is 26.2 Å². The maximum atomic E-state index is 14.1. The Morgan fingerprint density at radius 3 is 2.16 bits per heavy atom. The minimum absolute atomic E-state index is 0.0262. The van der Waals surface area contributed by atoms with Crippen LogP contribution < -0.4 is 23.8 Å². The average molecular weight is 653 g/mol. The van der Waals surface area contributed by atoms with E-state index in [1.165, 1.54) is 37.3 Å². The first kappa shape index (κ1) is 33.8. The van der Waals surface area contributed by atoms with Crippen LogP contribution >= 0.6 is 23.2 Å². The second-order valence-electron chi connectivity index (χ2n) is 9.30. The largest absolute Gasteiger partial charge is 0.494 e. The van der Waals surface area contributed by atoms with E-state index in [9.17, 15) is 18.0 Å². The fraction of sp³-hybridized carbons (Fsp3) is 0.333. The topological polar surface area (TPSA) is 114 Å². The van der Waals surface area contributed by atoms with Crippen LogP contribution in [0.4, 0.5) is 5.69 Å². The highest BCUT2D eigenvalue weighted by molar-refractivity contribution is 7.92. The first-order chi connectivity index (χ1) is 20.5. The van der Waals surface area contributed by atoms with E-state index in [1.54, 1.807) is 56.3 Å². The molecule has 0 aliphatic carbocycles. The van der Waals surface area contributed by atoms with E-state index >= 15 is 0 Å². The Bertz CT molecular complexity index is 1540. The summed E-state index contributed by atoms with van der Waals surface area (Å²) >= 11 is 12.3. The van der Waals surface area contributed by atoms with Gasteiger partial charge in [0.15, 0.2) is 11.5 Å². The number of amides is 2. The number of likely N-dealkylation sites (N-methyl/N-ethyl adjacent to an activating group) is 1. The number of rotatable bonds is 14. The van der Waals surface area contributed by atoms with Gasteiger partial charge in [0, 0.05) is 19.2 Å². The predicted molar refractivity (Wildman–Crippen MR) is 167 cm³/mol. The summed E-state index contributed by atoms with van der Waals surface area (Å²) in [4.78, 5) is 28.1. The van der Waals surface area contributed by atoms with Crippen molar-refractivity contribution in [3.63, 3.8) is 0 Å². The van der Waals surface area contributed by atoms with E-state index in [-0.39, 0.29) is 27.9 Å². The summed E-state index contributed by atoms with van der Waals surface area (Å²) < 4.78 is 45.3. The zero-order valence-corrected chi connectivity index (χ0v) is 26.9. The summed E-state index contributed by atoms with van der Waals surface area (Å²) in [6, 6.07) is 14.4. The van der Waals surface area contributed by atoms with Crippen molar-refractivity contribution in [2.24, 2.45) is 0 Å². The molecule has 1 atom stereocenters. The first-order valence-electron chi connectivity index (χ1n) is 13.4. The Labute approximate surface area is 262 Å². The van der Waals surface area contributed by atoms with Gasteiger partial charge in [0.2, 0.25) is 11.8 Å². The number of ether oxygens (including phenoxy) is 3. The average Bonchev–Trinajstić information content (AvgIpc) is 3.00. The number of benzene rings is 3. The second-order valence-corrected chi connectivity index (χ2v) is 12.0. The molecule has 3 aromatic carbocycles. The molecule has 0 bridgehead atoms. The third-order valence-corrected chi connectivity index (χ3v) is 9.02. The van der Waals surface area contributed by atoms with Crippen molar-refractivity contribution < 1.29 is 32.2 Å². The molecule has 232 valence electrons. The smallest absolute Gasteiger partial charge is 0.264 e. The van der Waals surface area contributed by atoms with Crippen molar-refractivity contribution in [3.05, 3.63) is 76.3 Å². The van der Waals surface area contributed by atoms with Gasteiger partial charge < -0.3 is 24.4 Å². The minimum Gasteiger partial charge on any atom is -0.494 e. The maximum Gasteiger partial charge on any atom is 0.264 e. The lowest BCUT2D eigenvalue weighted by atomic mass is 10.1. The summed E-state index contributed by atoms with van der Waals surface area (Å²) in [6.07, 6.45) is 0. The number of hydrogen-bond donors (Lipinski definition) is 1. The zero-order chi connectivity index (χ0) is 31.7. The van der Waals surface area contributed by atoms with Crippen molar-refractivity contribution in [2.75, 3.05) is 38.2 Å². The third-order valence-electron chi connectivity index (χ3n) is 6.51. The Morgan fingerprint density at radius 2 is 1.58 bits per heavy atom. The van der Waals surface area contributed by atoms with Crippen LogP contribution in [0.2, 0.25) is 10.0 Å². The van der Waals surface area contributed by atoms with E-state index in [0.29, 0.717) is 35.2 Å². The number of carbonyl (C=O) groups excluding carboxylic acids is 2. The summed E-state index contributed by atoms with van der Waals surface area (Å²) in [6.45, 7) is 5.30. The van der Waals surface area contributed by atoms with Crippen LogP contribution in [0.5, 0.6) is 17.2 Å². The second kappa shape index (κ2) is 15.2. The standard InChI is InChI=1S/C30H35Cl2N3O7S/c1-6-33-30(37)20(3)34(18-21-8-14-25(31)26(32)16-21)29(36)19-35(22-9-11-23(12-10-22)42-7-2)43(38,39)24-13-15-27(40-4)28(17-24)41-5/h8-17,20H,6-7,18-19H2,1-5H3,(H,33,37). The highest BCUT2D eigenvalue weighted by Gasteiger charge is 2.33. The molecule has 0 aliphatic rings. The maximum absolute atomic E-state index is 14.1. The number of carbonyl (C=O) groups is 2.